The fraction of sp³-hybridized carbons (Fsp3) is 0.0638. The van der Waals surface area contributed by atoms with E-state index in [0.717, 1.165) is 76.9 Å². The minimum absolute atomic E-state index is 0.228. The number of hydrogen-bond donors (Lipinski definition) is 0. The quantitative estimate of drug-likeness (QED) is 0.173. The van der Waals surface area contributed by atoms with Crippen LogP contribution in [-0.4, -0.2) is 9.13 Å². The van der Waals surface area contributed by atoms with E-state index in [2.05, 4.69) is 125 Å². The molecule has 0 spiro atoms. The van der Waals surface area contributed by atoms with Crippen molar-refractivity contribution >= 4 is 71.2 Å². The number of aromatic nitrogens is 2. The van der Waals surface area contributed by atoms with Gasteiger partial charge < -0.3 is 13.6 Å². The standard InChI is InChI=1S/C47H28N4O/c1-47(2)36-16-8-4-12-28(36)32-22-33-34-23-35-31-15-7-11-19-44(31)52-45(35)25-42(34)51(41(33)24-37(32)47)46-38(49-3)20-27(26-48)21-43(46)50-39-17-9-5-13-29(39)30-14-6-10-18-40(30)50/h4-25H,1-2H3. The summed E-state index contributed by atoms with van der Waals surface area (Å²) in [6.45, 7) is 13.2. The van der Waals surface area contributed by atoms with Gasteiger partial charge in [-0.1, -0.05) is 92.7 Å². The van der Waals surface area contributed by atoms with Gasteiger partial charge in [-0.05, 0) is 70.8 Å². The van der Waals surface area contributed by atoms with Gasteiger partial charge in [-0.25, -0.2) is 4.85 Å². The van der Waals surface area contributed by atoms with Gasteiger partial charge in [-0.2, -0.15) is 5.26 Å². The summed E-state index contributed by atoms with van der Waals surface area (Å²) in [6, 6.07) is 48.7. The predicted molar refractivity (Wildman–Crippen MR) is 211 cm³/mol. The number of furan rings is 1. The van der Waals surface area contributed by atoms with Crippen molar-refractivity contribution in [1.29, 1.82) is 5.26 Å². The van der Waals surface area contributed by atoms with E-state index in [4.69, 9.17) is 11.0 Å². The van der Waals surface area contributed by atoms with Crippen molar-refractivity contribution in [3.05, 3.63) is 162 Å². The van der Waals surface area contributed by atoms with Crippen LogP contribution >= 0.6 is 0 Å². The summed E-state index contributed by atoms with van der Waals surface area (Å²) < 4.78 is 11.0. The summed E-state index contributed by atoms with van der Waals surface area (Å²) in [5.74, 6) is 0. The van der Waals surface area contributed by atoms with Crippen LogP contribution in [0, 0.1) is 17.9 Å². The Balaban J connectivity index is 1.36. The summed E-state index contributed by atoms with van der Waals surface area (Å²) in [5, 5.41) is 16.8. The summed E-state index contributed by atoms with van der Waals surface area (Å²) in [6.07, 6.45) is 0. The zero-order valence-corrected chi connectivity index (χ0v) is 28.4. The Morgan fingerprint density at radius 3 is 1.98 bits per heavy atom. The highest BCUT2D eigenvalue weighted by atomic mass is 16.3. The Kier molecular flexibility index (Phi) is 5.53. The van der Waals surface area contributed by atoms with Crippen LogP contribution in [0.15, 0.2) is 138 Å². The zero-order chi connectivity index (χ0) is 34.9. The maximum absolute atomic E-state index is 10.3. The topological polar surface area (TPSA) is 51.1 Å². The molecule has 0 unspecified atom stereocenters. The van der Waals surface area contributed by atoms with E-state index in [9.17, 15) is 5.26 Å². The van der Waals surface area contributed by atoms with Gasteiger partial charge in [0.2, 0.25) is 5.69 Å². The third kappa shape index (κ3) is 3.59. The number of fused-ring (bicyclic) bond motifs is 12. The molecule has 0 N–H and O–H groups in total. The monoisotopic (exact) mass is 664 g/mol. The molecule has 5 heteroatoms. The molecule has 3 aromatic heterocycles. The fourth-order valence-corrected chi connectivity index (χ4v) is 9.00. The Bertz CT molecular complexity index is 3250. The first kappa shape index (κ1) is 28.7. The normalized spacial score (nSPS) is 13.3. The number of rotatable bonds is 2. The number of nitrogens with zero attached hydrogens (tertiary/aromatic N) is 4. The number of para-hydroxylation sites is 3. The number of nitriles is 1. The summed E-state index contributed by atoms with van der Waals surface area (Å²) >= 11 is 0. The van der Waals surface area contributed by atoms with E-state index in [1.807, 2.05) is 36.4 Å². The molecule has 11 rings (SSSR count). The van der Waals surface area contributed by atoms with Crippen molar-refractivity contribution in [1.82, 2.24) is 9.13 Å². The molecule has 0 saturated carbocycles. The van der Waals surface area contributed by atoms with Crippen molar-refractivity contribution < 1.29 is 4.42 Å². The molecular weight excluding hydrogens is 637 g/mol. The molecule has 0 atom stereocenters. The van der Waals surface area contributed by atoms with E-state index >= 15 is 0 Å². The van der Waals surface area contributed by atoms with Crippen LogP contribution in [0.25, 0.3) is 92.9 Å². The lowest BCUT2D eigenvalue weighted by Crippen LogP contribution is -2.15. The Labute approximate surface area is 298 Å². The SMILES string of the molecule is [C-]#[N+]c1cc(C#N)cc(-n2c3ccccc3c3ccccc32)c1-n1c2cc3c(cc2c2cc4c(cc21)oc1ccccc14)-c1ccccc1C3(C)C. The molecule has 7 aromatic carbocycles. The summed E-state index contributed by atoms with van der Waals surface area (Å²) in [5.41, 5.74) is 12.7. The third-order valence-electron chi connectivity index (χ3n) is 11.3. The number of benzene rings is 7. The maximum Gasteiger partial charge on any atom is 0.214 e. The molecule has 10 aromatic rings. The van der Waals surface area contributed by atoms with Crippen LogP contribution in [0.3, 0.4) is 0 Å². The first-order valence-corrected chi connectivity index (χ1v) is 17.4. The van der Waals surface area contributed by atoms with E-state index in [1.54, 1.807) is 6.07 Å². The molecular formula is C47H28N4O. The molecule has 5 nitrogen and oxygen atoms in total. The summed E-state index contributed by atoms with van der Waals surface area (Å²) in [4.78, 5) is 4.15. The van der Waals surface area contributed by atoms with Gasteiger partial charge in [0, 0.05) is 49.4 Å². The average Bonchev–Trinajstić information content (AvgIpc) is 3.87. The second-order valence-electron chi connectivity index (χ2n) is 14.3. The highest BCUT2D eigenvalue weighted by Crippen LogP contribution is 2.52. The first-order chi connectivity index (χ1) is 25.5. The smallest absolute Gasteiger partial charge is 0.214 e. The average molecular weight is 665 g/mol. The van der Waals surface area contributed by atoms with Crippen LogP contribution < -0.4 is 0 Å². The van der Waals surface area contributed by atoms with Crippen molar-refractivity contribution in [2.24, 2.45) is 0 Å². The first-order valence-electron chi connectivity index (χ1n) is 17.4. The van der Waals surface area contributed by atoms with Crippen molar-refractivity contribution in [2.75, 3.05) is 0 Å². The van der Waals surface area contributed by atoms with Crippen molar-refractivity contribution in [2.45, 2.75) is 19.3 Å². The lowest BCUT2D eigenvalue weighted by molar-refractivity contribution is 0.661. The van der Waals surface area contributed by atoms with Crippen LogP contribution in [0.4, 0.5) is 5.69 Å². The van der Waals surface area contributed by atoms with E-state index in [0.29, 0.717) is 11.3 Å². The molecule has 0 bridgehead atoms. The van der Waals surface area contributed by atoms with Gasteiger partial charge in [-0.3, -0.25) is 0 Å². The molecule has 0 aliphatic heterocycles. The van der Waals surface area contributed by atoms with Gasteiger partial charge in [0.1, 0.15) is 11.2 Å². The van der Waals surface area contributed by atoms with Gasteiger partial charge in [0.05, 0.1) is 46.1 Å². The molecule has 3 heterocycles. The van der Waals surface area contributed by atoms with Gasteiger partial charge in [-0.15, -0.1) is 0 Å². The molecule has 0 fully saturated rings. The lowest BCUT2D eigenvalue weighted by atomic mass is 9.82. The van der Waals surface area contributed by atoms with Crippen LogP contribution in [0.5, 0.6) is 0 Å². The molecule has 1 aliphatic rings. The minimum atomic E-state index is -0.228. The van der Waals surface area contributed by atoms with E-state index in [-0.39, 0.29) is 5.41 Å². The second-order valence-corrected chi connectivity index (χ2v) is 14.3. The molecule has 0 radical (unpaired) electrons. The van der Waals surface area contributed by atoms with Crippen LogP contribution in [-0.2, 0) is 5.41 Å². The van der Waals surface area contributed by atoms with Gasteiger partial charge in [0.25, 0.3) is 0 Å². The highest BCUT2D eigenvalue weighted by molar-refractivity contribution is 6.19. The Morgan fingerprint density at radius 2 is 1.23 bits per heavy atom. The number of hydrogen-bond acceptors (Lipinski definition) is 2. The van der Waals surface area contributed by atoms with Gasteiger partial charge >= 0.3 is 0 Å². The second kappa shape index (κ2) is 10.0. The summed E-state index contributed by atoms with van der Waals surface area (Å²) in [7, 11) is 0. The maximum atomic E-state index is 10.3. The third-order valence-corrected chi connectivity index (χ3v) is 11.3. The Hall–Kier alpha value is -7.08. The highest BCUT2D eigenvalue weighted by Gasteiger charge is 2.36. The van der Waals surface area contributed by atoms with Crippen molar-refractivity contribution in [3.63, 3.8) is 0 Å². The molecule has 0 saturated heterocycles. The molecule has 242 valence electrons. The van der Waals surface area contributed by atoms with Crippen LogP contribution in [0.2, 0.25) is 0 Å². The van der Waals surface area contributed by atoms with Gasteiger partial charge in [0.15, 0.2) is 0 Å². The largest absolute Gasteiger partial charge is 0.456 e. The molecule has 1 aliphatic carbocycles. The zero-order valence-electron chi connectivity index (χ0n) is 28.4. The Morgan fingerprint density at radius 1 is 0.577 bits per heavy atom. The molecule has 0 amide bonds. The predicted octanol–water partition coefficient (Wildman–Crippen LogP) is 12.5. The van der Waals surface area contributed by atoms with Crippen LogP contribution in [0.1, 0.15) is 30.5 Å². The lowest BCUT2D eigenvalue weighted by Gasteiger charge is -2.22. The minimum Gasteiger partial charge on any atom is -0.456 e. The van der Waals surface area contributed by atoms with Crippen molar-refractivity contribution in [3.8, 4) is 28.6 Å². The fourth-order valence-electron chi connectivity index (χ4n) is 9.00. The van der Waals surface area contributed by atoms with E-state index < -0.39 is 0 Å². The molecule has 52 heavy (non-hydrogen) atoms. The van der Waals surface area contributed by atoms with E-state index in [1.165, 1.54) is 22.3 Å².